The number of sulfonamides is 1. The van der Waals surface area contributed by atoms with Crippen LogP contribution in [0.2, 0.25) is 10.0 Å². The molecule has 1 aromatic heterocycles. The van der Waals surface area contributed by atoms with Crippen LogP contribution in [0, 0.1) is 0 Å². The van der Waals surface area contributed by atoms with Gasteiger partial charge in [-0.2, -0.15) is 4.98 Å². The maximum atomic E-state index is 12.5. The first-order chi connectivity index (χ1) is 12.3. The van der Waals surface area contributed by atoms with E-state index in [2.05, 4.69) is 20.4 Å². The van der Waals surface area contributed by atoms with Gasteiger partial charge in [-0.15, -0.1) is 0 Å². The van der Waals surface area contributed by atoms with Crippen LogP contribution in [0.15, 0.2) is 29.3 Å². The van der Waals surface area contributed by atoms with E-state index in [0.717, 1.165) is 0 Å². The number of methoxy groups -OCH3 is 1. The monoisotopic (exact) mass is 423 g/mol. The Hall–Kier alpha value is -1.85. The van der Waals surface area contributed by atoms with Gasteiger partial charge in [-0.25, -0.2) is 13.4 Å². The van der Waals surface area contributed by atoms with Gasteiger partial charge in [0.2, 0.25) is 11.7 Å². The molecular formula is C14H17Cl2N4O5S+. The average Bonchev–Trinajstić information content (AvgIpc) is 2.62. The van der Waals surface area contributed by atoms with E-state index in [1.165, 1.54) is 31.5 Å². The lowest BCUT2D eigenvalue weighted by Crippen LogP contribution is -2.65. The molecule has 142 valence electrons. The number of anilines is 1. The Balaban J connectivity index is 2.27. The summed E-state index contributed by atoms with van der Waals surface area (Å²) in [5.74, 6) is -0.161. The molecule has 0 spiro atoms. The predicted molar refractivity (Wildman–Crippen MR) is 95.1 cm³/mol. The number of nitrogens with zero attached hydrogens (tertiary/aromatic N) is 2. The third kappa shape index (κ3) is 4.86. The first kappa shape index (κ1) is 20.5. The fourth-order valence-electron chi connectivity index (χ4n) is 1.77. The molecule has 5 N–H and O–H groups in total. The average molecular weight is 424 g/mol. The predicted octanol–water partition coefficient (Wildman–Crippen LogP) is 0.574. The first-order valence-electron chi connectivity index (χ1n) is 7.23. The van der Waals surface area contributed by atoms with Gasteiger partial charge < -0.3 is 20.3 Å². The van der Waals surface area contributed by atoms with Crippen LogP contribution in [0.3, 0.4) is 0 Å². The number of halogens is 2. The van der Waals surface area contributed by atoms with Crippen molar-refractivity contribution >= 4 is 39.0 Å². The van der Waals surface area contributed by atoms with Crippen molar-refractivity contribution in [2.75, 3.05) is 25.0 Å². The minimum Gasteiger partial charge on any atom is -0.478 e. The highest BCUT2D eigenvalue weighted by atomic mass is 35.5. The summed E-state index contributed by atoms with van der Waals surface area (Å²) in [5, 5.41) is 8.92. The first-order valence-corrected chi connectivity index (χ1v) is 9.47. The van der Waals surface area contributed by atoms with Crippen LogP contribution in [-0.4, -0.2) is 49.9 Å². The second-order valence-corrected chi connectivity index (χ2v) is 7.52. The highest BCUT2D eigenvalue weighted by Gasteiger charge is 2.23. The Labute approximate surface area is 160 Å². The number of aliphatic hydroxyl groups is 1. The Morgan fingerprint density at radius 2 is 2.12 bits per heavy atom. The zero-order valence-corrected chi connectivity index (χ0v) is 16.0. The molecule has 9 nitrogen and oxygen atoms in total. The summed E-state index contributed by atoms with van der Waals surface area (Å²) < 4.78 is 37.7. The van der Waals surface area contributed by atoms with Crippen LogP contribution in [0.1, 0.15) is 0 Å². The second kappa shape index (κ2) is 8.69. The number of rotatable bonds is 8. The summed E-state index contributed by atoms with van der Waals surface area (Å²) in [6.45, 7) is -0.0413. The minimum atomic E-state index is -4.07. The SMILES string of the molecule is COc1nc(OCC([NH3+])CO)cnc1NS(=O)(=O)c1cccc(Cl)c1Cl. The van der Waals surface area contributed by atoms with Crippen molar-refractivity contribution in [2.24, 2.45) is 0 Å². The second-order valence-electron chi connectivity index (χ2n) is 5.08. The van der Waals surface area contributed by atoms with E-state index in [4.69, 9.17) is 37.8 Å². The molecule has 1 atom stereocenters. The molecule has 0 fully saturated rings. The maximum Gasteiger partial charge on any atom is 0.264 e. The van der Waals surface area contributed by atoms with Gasteiger partial charge in [0, 0.05) is 0 Å². The van der Waals surface area contributed by atoms with Crippen molar-refractivity contribution in [3.8, 4) is 11.8 Å². The zero-order valence-electron chi connectivity index (χ0n) is 13.6. The summed E-state index contributed by atoms with van der Waals surface area (Å²) >= 11 is 11.8. The van der Waals surface area contributed by atoms with Crippen molar-refractivity contribution in [3.05, 3.63) is 34.4 Å². The third-order valence-electron chi connectivity index (χ3n) is 3.07. The molecule has 0 saturated heterocycles. The van der Waals surface area contributed by atoms with Gasteiger partial charge >= 0.3 is 0 Å². The van der Waals surface area contributed by atoms with Crippen molar-refractivity contribution in [2.45, 2.75) is 10.9 Å². The molecule has 2 aromatic rings. The Kier molecular flexibility index (Phi) is 6.84. The summed E-state index contributed by atoms with van der Waals surface area (Å²) in [6.07, 6.45) is 1.21. The van der Waals surface area contributed by atoms with Gasteiger partial charge in [-0.05, 0) is 12.1 Å². The van der Waals surface area contributed by atoms with Crippen LogP contribution >= 0.6 is 23.2 Å². The number of ether oxygens (including phenoxy) is 2. The van der Waals surface area contributed by atoms with Gasteiger partial charge in [-0.1, -0.05) is 29.3 Å². The number of hydrogen-bond acceptors (Lipinski definition) is 7. The molecule has 0 radical (unpaired) electrons. The molecule has 1 heterocycles. The summed E-state index contributed by atoms with van der Waals surface area (Å²) in [5.41, 5.74) is 3.66. The summed E-state index contributed by atoms with van der Waals surface area (Å²) in [7, 11) is -2.77. The molecule has 12 heteroatoms. The van der Waals surface area contributed by atoms with E-state index in [1.54, 1.807) is 0 Å². The molecule has 0 amide bonds. The van der Waals surface area contributed by atoms with E-state index >= 15 is 0 Å². The number of aromatic nitrogens is 2. The smallest absolute Gasteiger partial charge is 0.264 e. The topological polar surface area (TPSA) is 138 Å². The third-order valence-corrected chi connectivity index (χ3v) is 5.39. The summed E-state index contributed by atoms with van der Waals surface area (Å²) in [6, 6.07) is 3.89. The van der Waals surface area contributed by atoms with Crippen molar-refractivity contribution in [3.63, 3.8) is 0 Å². The summed E-state index contributed by atoms with van der Waals surface area (Å²) in [4.78, 5) is 7.76. The van der Waals surface area contributed by atoms with E-state index < -0.39 is 10.0 Å². The number of hydrogen-bond donors (Lipinski definition) is 3. The highest BCUT2D eigenvalue weighted by molar-refractivity contribution is 7.92. The lowest BCUT2D eigenvalue weighted by atomic mass is 10.4. The molecule has 1 unspecified atom stereocenters. The quantitative estimate of drug-likeness (QED) is 0.563. The minimum absolute atomic E-state index is 0.0904. The molecule has 26 heavy (non-hydrogen) atoms. The van der Waals surface area contributed by atoms with Crippen molar-refractivity contribution in [1.82, 2.24) is 9.97 Å². The van der Waals surface area contributed by atoms with Gasteiger partial charge in [0.05, 0.1) is 30.0 Å². The van der Waals surface area contributed by atoms with Crippen molar-refractivity contribution < 1.29 is 28.7 Å². The molecule has 1 aromatic carbocycles. The number of aliphatic hydroxyl groups excluding tert-OH is 1. The fourth-order valence-corrected chi connectivity index (χ4v) is 3.54. The molecule has 0 bridgehead atoms. The Morgan fingerprint density at radius 1 is 1.38 bits per heavy atom. The molecule has 0 aliphatic heterocycles. The lowest BCUT2D eigenvalue weighted by molar-refractivity contribution is -0.429. The van der Waals surface area contributed by atoms with E-state index in [0.29, 0.717) is 0 Å². The van der Waals surface area contributed by atoms with Gasteiger partial charge in [0.1, 0.15) is 17.5 Å². The normalized spacial score (nSPS) is 12.5. The maximum absolute atomic E-state index is 12.5. The lowest BCUT2D eigenvalue weighted by Gasteiger charge is -2.13. The fraction of sp³-hybridized carbons (Fsp3) is 0.286. The van der Waals surface area contributed by atoms with E-state index in [1.807, 2.05) is 0 Å². The van der Waals surface area contributed by atoms with Gasteiger partial charge in [0.15, 0.2) is 0 Å². The number of nitrogens with one attached hydrogen (secondary N) is 1. The standard InChI is InChI=1S/C14H16Cl2N4O5S/c1-24-14-13(18-5-11(19-14)25-7-8(17)6-21)20-26(22,23)10-4-2-3-9(15)12(10)16/h2-5,8,21H,6-7,17H2,1H3,(H,18,20)/p+1. The molecule has 0 aliphatic rings. The molecule has 0 aliphatic carbocycles. The van der Waals surface area contributed by atoms with Crippen LogP contribution in [0.4, 0.5) is 5.82 Å². The van der Waals surface area contributed by atoms with E-state index in [9.17, 15) is 8.42 Å². The van der Waals surface area contributed by atoms with Crippen LogP contribution in [0.5, 0.6) is 11.8 Å². The van der Waals surface area contributed by atoms with Crippen LogP contribution in [0.25, 0.3) is 0 Å². The van der Waals surface area contributed by atoms with E-state index in [-0.39, 0.29) is 51.8 Å². The number of quaternary nitrogens is 1. The van der Waals surface area contributed by atoms with Crippen molar-refractivity contribution in [1.29, 1.82) is 0 Å². The molecule has 2 rings (SSSR count). The zero-order chi connectivity index (χ0) is 19.3. The number of benzene rings is 1. The highest BCUT2D eigenvalue weighted by Crippen LogP contribution is 2.31. The van der Waals surface area contributed by atoms with Crippen LogP contribution < -0.4 is 19.9 Å². The molecule has 0 saturated carbocycles. The molecular weight excluding hydrogens is 407 g/mol. The largest absolute Gasteiger partial charge is 0.478 e. The van der Waals surface area contributed by atoms with Crippen LogP contribution in [-0.2, 0) is 10.0 Å². The van der Waals surface area contributed by atoms with Gasteiger partial charge in [-0.3, -0.25) is 4.72 Å². The Bertz CT molecular complexity index is 882. The Morgan fingerprint density at radius 3 is 2.77 bits per heavy atom. The van der Waals surface area contributed by atoms with Gasteiger partial charge in [0.25, 0.3) is 15.9 Å².